The molecule has 114 valence electrons. The lowest BCUT2D eigenvalue weighted by Gasteiger charge is -2.26. The van der Waals surface area contributed by atoms with Crippen LogP contribution in [0.4, 0.5) is 5.69 Å². The van der Waals surface area contributed by atoms with Crippen LogP contribution in [0.3, 0.4) is 0 Å². The monoisotopic (exact) mass is 300 g/mol. The van der Waals surface area contributed by atoms with E-state index in [-0.39, 0.29) is 0 Å². The lowest BCUT2D eigenvalue weighted by molar-refractivity contribution is 0.720. The first-order chi connectivity index (χ1) is 11.4. The molecule has 0 aliphatic carbocycles. The number of fused-ring (bicyclic) bond motifs is 5. The average molecular weight is 300 g/mol. The third kappa shape index (κ3) is 2.02. The molecular weight excluding hydrogens is 280 g/mol. The molecule has 1 N–H and O–H groups in total. The third-order valence-electron chi connectivity index (χ3n) is 5.30. The van der Waals surface area contributed by atoms with Gasteiger partial charge in [-0.05, 0) is 41.7 Å². The summed E-state index contributed by atoms with van der Waals surface area (Å²) in [5.74, 6) is 0. The standard InChI is InChI=1S/C21H20N2/c1-2-7-15(8-3-1)18-14-17-19(22-18)13-16-9-4-5-10-20(16)23-12-6-11-21(17)23/h1-5,7-10,14,21-22H,6,11-13H2. The fraction of sp³-hybridized carbons (Fsp3) is 0.238. The van der Waals surface area contributed by atoms with Crippen molar-refractivity contribution in [1.29, 1.82) is 0 Å². The fourth-order valence-electron chi connectivity index (χ4n) is 4.24. The maximum atomic E-state index is 3.72. The molecule has 1 aromatic heterocycles. The van der Waals surface area contributed by atoms with E-state index in [0.29, 0.717) is 6.04 Å². The minimum absolute atomic E-state index is 0.530. The van der Waals surface area contributed by atoms with Gasteiger partial charge < -0.3 is 9.88 Å². The topological polar surface area (TPSA) is 19.0 Å². The molecule has 2 aliphatic rings. The van der Waals surface area contributed by atoms with Crippen molar-refractivity contribution in [3.63, 3.8) is 0 Å². The van der Waals surface area contributed by atoms with E-state index in [9.17, 15) is 0 Å². The van der Waals surface area contributed by atoms with Crippen LogP contribution in [0.2, 0.25) is 0 Å². The van der Waals surface area contributed by atoms with Crippen LogP contribution in [0, 0.1) is 0 Å². The van der Waals surface area contributed by atoms with Gasteiger partial charge in [-0.1, -0.05) is 48.5 Å². The van der Waals surface area contributed by atoms with Crippen LogP contribution >= 0.6 is 0 Å². The summed E-state index contributed by atoms with van der Waals surface area (Å²) in [5, 5.41) is 0. The van der Waals surface area contributed by atoms with Crippen molar-refractivity contribution in [3.8, 4) is 11.3 Å². The van der Waals surface area contributed by atoms with Gasteiger partial charge in [0.15, 0.2) is 0 Å². The summed E-state index contributed by atoms with van der Waals surface area (Å²) in [6.07, 6.45) is 3.54. The number of H-pyrrole nitrogens is 1. The van der Waals surface area contributed by atoms with E-state index in [0.717, 1.165) is 6.42 Å². The van der Waals surface area contributed by atoms with Crippen LogP contribution in [0.1, 0.15) is 35.7 Å². The zero-order chi connectivity index (χ0) is 15.2. The molecule has 0 spiro atoms. The van der Waals surface area contributed by atoms with Crippen molar-refractivity contribution in [2.75, 3.05) is 11.4 Å². The summed E-state index contributed by atoms with van der Waals surface area (Å²) < 4.78 is 0. The largest absolute Gasteiger partial charge is 0.364 e. The molecule has 3 heterocycles. The van der Waals surface area contributed by atoms with Crippen LogP contribution in [0.5, 0.6) is 0 Å². The first-order valence-electron chi connectivity index (χ1n) is 8.52. The lowest BCUT2D eigenvalue weighted by Crippen LogP contribution is -2.22. The number of aromatic nitrogens is 1. The molecule has 1 atom stereocenters. The van der Waals surface area contributed by atoms with Gasteiger partial charge in [0.05, 0.1) is 6.04 Å². The highest BCUT2D eigenvalue weighted by Gasteiger charge is 2.33. The molecule has 2 nitrogen and oxygen atoms in total. The molecule has 2 aromatic carbocycles. The van der Waals surface area contributed by atoms with E-state index in [1.807, 2.05) is 0 Å². The van der Waals surface area contributed by atoms with Crippen molar-refractivity contribution in [1.82, 2.24) is 4.98 Å². The van der Waals surface area contributed by atoms with Gasteiger partial charge in [0, 0.05) is 30.0 Å². The number of hydrogen-bond donors (Lipinski definition) is 1. The van der Waals surface area contributed by atoms with Crippen molar-refractivity contribution in [2.45, 2.75) is 25.3 Å². The molecule has 23 heavy (non-hydrogen) atoms. The van der Waals surface area contributed by atoms with E-state index in [4.69, 9.17) is 0 Å². The van der Waals surface area contributed by atoms with Crippen molar-refractivity contribution >= 4 is 5.69 Å². The van der Waals surface area contributed by atoms with Crippen LogP contribution in [-0.4, -0.2) is 11.5 Å². The van der Waals surface area contributed by atoms with Crippen LogP contribution < -0.4 is 4.90 Å². The molecule has 3 aromatic rings. The minimum Gasteiger partial charge on any atom is -0.364 e. The van der Waals surface area contributed by atoms with E-state index in [2.05, 4.69) is 70.5 Å². The second kappa shape index (κ2) is 5.02. The number of benzene rings is 2. The normalized spacial score (nSPS) is 19.0. The SMILES string of the molecule is c1ccc(-c2cc3c([nH]2)Cc2ccccc2N2CCCC32)cc1. The second-order valence-corrected chi connectivity index (χ2v) is 6.64. The van der Waals surface area contributed by atoms with E-state index < -0.39 is 0 Å². The van der Waals surface area contributed by atoms with Gasteiger partial charge in [0.25, 0.3) is 0 Å². The molecule has 2 heteroatoms. The second-order valence-electron chi connectivity index (χ2n) is 6.64. The first kappa shape index (κ1) is 13.0. The van der Waals surface area contributed by atoms with Crippen LogP contribution in [0.25, 0.3) is 11.3 Å². The zero-order valence-electron chi connectivity index (χ0n) is 13.1. The van der Waals surface area contributed by atoms with Gasteiger partial charge in [-0.2, -0.15) is 0 Å². The average Bonchev–Trinajstić information content (AvgIpc) is 3.21. The third-order valence-corrected chi connectivity index (χ3v) is 5.30. The quantitative estimate of drug-likeness (QED) is 0.675. The number of anilines is 1. The number of para-hydroxylation sites is 1. The molecule has 1 saturated heterocycles. The van der Waals surface area contributed by atoms with Gasteiger partial charge >= 0.3 is 0 Å². The Balaban J connectivity index is 1.67. The molecule has 0 radical (unpaired) electrons. The highest BCUT2D eigenvalue weighted by Crippen LogP contribution is 2.43. The predicted molar refractivity (Wildman–Crippen MR) is 94.8 cm³/mol. The van der Waals surface area contributed by atoms with Gasteiger partial charge in [-0.3, -0.25) is 0 Å². The van der Waals surface area contributed by atoms with Crippen molar-refractivity contribution in [2.24, 2.45) is 0 Å². The van der Waals surface area contributed by atoms with Gasteiger partial charge in [0.2, 0.25) is 0 Å². The number of aromatic amines is 1. The summed E-state index contributed by atoms with van der Waals surface area (Å²) in [7, 11) is 0. The molecule has 2 aliphatic heterocycles. The first-order valence-corrected chi connectivity index (χ1v) is 8.52. The Labute approximate surface area is 136 Å². The summed E-state index contributed by atoms with van der Waals surface area (Å²) in [6.45, 7) is 1.17. The molecule has 1 unspecified atom stereocenters. The summed E-state index contributed by atoms with van der Waals surface area (Å²) >= 11 is 0. The van der Waals surface area contributed by atoms with Gasteiger partial charge in [-0.25, -0.2) is 0 Å². The molecule has 0 bridgehead atoms. The highest BCUT2D eigenvalue weighted by atomic mass is 15.2. The van der Waals surface area contributed by atoms with Crippen LogP contribution in [-0.2, 0) is 6.42 Å². The smallest absolute Gasteiger partial charge is 0.0561 e. The van der Waals surface area contributed by atoms with E-state index in [1.54, 1.807) is 0 Å². The molecule has 0 saturated carbocycles. The molecule has 5 rings (SSSR count). The Hall–Kier alpha value is -2.48. The number of nitrogens with one attached hydrogen (secondary N) is 1. The number of rotatable bonds is 1. The Bertz CT molecular complexity index is 847. The summed E-state index contributed by atoms with van der Waals surface area (Å²) in [5.41, 5.74) is 8.30. The summed E-state index contributed by atoms with van der Waals surface area (Å²) in [6, 6.07) is 22.5. The Kier molecular flexibility index (Phi) is 2.84. The summed E-state index contributed by atoms with van der Waals surface area (Å²) in [4.78, 5) is 6.33. The van der Waals surface area contributed by atoms with Gasteiger partial charge in [-0.15, -0.1) is 0 Å². The van der Waals surface area contributed by atoms with Crippen molar-refractivity contribution < 1.29 is 0 Å². The van der Waals surface area contributed by atoms with E-state index in [1.165, 1.54) is 53.2 Å². The van der Waals surface area contributed by atoms with Gasteiger partial charge in [0.1, 0.15) is 0 Å². The zero-order valence-corrected chi connectivity index (χ0v) is 13.1. The van der Waals surface area contributed by atoms with E-state index >= 15 is 0 Å². The molecular formula is C21H20N2. The minimum atomic E-state index is 0.530. The Morgan fingerprint density at radius 3 is 2.70 bits per heavy atom. The van der Waals surface area contributed by atoms with Crippen molar-refractivity contribution in [3.05, 3.63) is 77.5 Å². The predicted octanol–water partition coefficient (Wildman–Crippen LogP) is 4.93. The number of hydrogen-bond acceptors (Lipinski definition) is 1. The maximum Gasteiger partial charge on any atom is 0.0561 e. The highest BCUT2D eigenvalue weighted by molar-refractivity contribution is 5.66. The molecule has 1 fully saturated rings. The van der Waals surface area contributed by atoms with Crippen LogP contribution in [0.15, 0.2) is 60.7 Å². The Morgan fingerprint density at radius 2 is 1.78 bits per heavy atom. The number of nitrogens with zero attached hydrogens (tertiary/aromatic N) is 1. The lowest BCUT2D eigenvalue weighted by atomic mass is 10.0. The molecule has 0 amide bonds. The maximum absolute atomic E-state index is 3.72. The fourth-order valence-corrected chi connectivity index (χ4v) is 4.24. The Morgan fingerprint density at radius 1 is 0.957 bits per heavy atom.